The molecule has 1 heterocycles. The summed E-state index contributed by atoms with van der Waals surface area (Å²) >= 11 is 1.13. The van der Waals surface area contributed by atoms with E-state index in [4.69, 9.17) is 4.74 Å². The number of amides is 1. The molecule has 32 heavy (non-hydrogen) atoms. The van der Waals surface area contributed by atoms with Gasteiger partial charge in [0.15, 0.2) is 11.0 Å². The van der Waals surface area contributed by atoms with Crippen LogP contribution in [0.2, 0.25) is 0 Å². The maximum absolute atomic E-state index is 12.8. The first-order chi connectivity index (χ1) is 15.1. The van der Waals surface area contributed by atoms with E-state index in [0.717, 1.165) is 23.9 Å². The topological polar surface area (TPSA) is 69.0 Å². The van der Waals surface area contributed by atoms with Crippen LogP contribution in [0.4, 0.5) is 18.9 Å². The molecule has 3 rings (SSSR count). The maximum atomic E-state index is 12.8. The van der Waals surface area contributed by atoms with Gasteiger partial charge in [0.2, 0.25) is 5.91 Å². The molecule has 2 aromatic carbocycles. The average molecular weight is 465 g/mol. The smallest absolute Gasteiger partial charge is 0.416 e. The molecule has 0 radical (unpaired) electrons. The molecule has 0 bridgehead atoms. The molecule has 0 aliphatic heterocycles. The predicted molar refractivity (Wildman–Crippen MR) is 117 cm³/mol. The summed E-state index contributed by atoms with van der Waals surface area (Å²) in [5.41, 5.74) is 0.485. The van der Waals surface area contributed by atoms with Gasteiger partial charge in [-0.15, -0.1) is 10.2 Å². The van der Waals surface area contributed by atoms with Gasteiger partial charge in [-0.3, -0.25) is 4.79 Å². The molecule has 6 nitrogen and oxygen atoms in total. The maximum Gasteiger partial charge on any atom is 0.416 e. The Morgan fingerprint density at radius 2 is 1.88 bits per heavy atom. The highest BCUT2D eigenvalue weighted by atomic mass is 32.2. The molecule has 0 saturated carbocycles. The monoisotopic (exact) mass is 464 g/mol. The van der Waals surface area contributed by atoms with Gasteiger partial charge in [0.25, 0.3) is 0 Å². The Hall–Kier alpha value is -3.01. The van der Waals surface area contributed by atoms with E-state index < -0.39 is 17.6 Å². The molecule has 1 aromatic heterocycles. The zero-order valence-corrected chi connectivity index (χ0v) is 18.6. The summed E-state index contributed by atoms with van der Waals surface area (Å²) in [6, 6.07) is 12.3. The number of thioether (sulfide) groups is 1. The Bertz CT molecular complexity index is 1070. The Balaban J connectivity index is 1.52. The Labute approximate surface area is 188 Å². The number of halogens is 3. The lowest BCUT2D eigenvalue weighted by Crippen LogP contribution is -2.15. The predicted octanol–water partition coefficient (Wildman–Crippen LogP) is 5.27. The first kappa shape index (κ1) is 23.6. The number of carbonyl (C=O) groups is 1. The summed E-state index contributed by atoms with van der Waals surface area (Å²) in [4.78, 5) is 12.2. The quantitative estimate of drug-likeness (QED) is 0.460. The van der Waals surface area contributed by atoms with E-state index in [1.165, 1.54) is 17.7 Å². The third kappa shape index (κ3) is 6.25. The molecule has 3 aromatic rings. The van der Waals surface area contributed by atoms with E-state index in [1.54, 1.807) is 11.6 Å². The average Bonchev–Trinajstić information content (AvgIpc) is 3.10. The number of hydrogen-bond donors (Lipinski definition) is 1. The Morgan fingerprint density at radius 3 is 2.53 bits per heavy atom. The fraction of sp³-hybridized carbons (Fsp3) is 0.318. The van der Waals surface area contributed by atoms with Crippen molar-refractivity contribution in [1.82, 2.24) is 14.8 Å². The van der Waals surface area contributed by atoms with Crippen LogP contribution >= 0.6 is 11.8 Å². The van der Waals surface area contributed by atoms with Crippen LogP contribution in [0.25, 0.3) is 0 Å². The first-order valence-electron chi connectivity index (χ1n) is 9.84. The standard InChI is InChI=1S/C22H23F3N4O2S/c1-14(2)15-7-9-18(10-8-15)31-12-19-27-28-21(29(19)3)32-13-20(30)26-17-6-4-5-16(11-17)22(23,24)25/h4-11,14H,12-13H2,1-3H3,(H,26,30). The van der Waals surface area contributed by atoms with Gasteiger partial charge in [-0.25, -0.2) is 0 Å². The van der Waals surface area contributed by atoms with E-state index in [-0.39, 0.29) is 18.0 Å². The minimum Gasteiger partial charge on any atom is -0.486 e. The minimum atomic E-state index is -4.47. The van der Waals surface area contributed by atoms with Crippen LogP contribution in [-0.4, -0.2) is 26.4 Å². The van der Waals surface area contributed by atoms with Crippen molar-refractivity contribution in [3.63, 3.8) is 0 Å². The van der Waals surface area contributed by atoms with Crippen molar-refractivity contribution in [1.29, 1.82) is 0 Å². The molecule has 0 unspecified atom stereocenters. The van der Waals surface area contributed by atoms with Gasteiger partial charge in [0.05, 0.1) is 11.3 Å². The fourth-order valence-electron chi connectivity index (χ4n) is 2.79. The summed E-state index contributed by atoms with van der Waals surface area (Å²) in [5, 5.41) is 11.1. The number of nitrogens with one attached hydrogen (secondary N) is 1. The largest absolute Gasteiger partial charge is 0.486 e. The summed E-state index contributed by atoms with van der Waals surface area (Å²) in [7, 11) is 1.76. The molecule has 0 atom stereocenters. The molecule has 170 valence electrons. The van der Waals surface area contributed by atoms with Crippen molar-refractivity contribution >= 4 is 23.4 Å². The third-order valence-electron chi connectivity index (χ3n) is 4.65. The molecule has 0 spiro atoms. The second kappa shape index (κ2) is 10.1. The normalized spacial score (nSPS) is 11.6. The van der Waals surface area contributed by atoms with Crippen molar-refractivity contribution < 1.29 is 22.7 Å². The number of anilines is 1. The van der Waals surface area contributed by atoms with Crippen LogP contribution < -0.4 is 10.1 Å². The summed E-state index contributed by atoms with van der Waals surface area (Å²) in [6.45, 7) is 4.45. The van der Waals surface area contributed by atoms with E-state index in [9.17, 15) is 18.0 Å². The van der Waals surface area contributed by atoms with E-state index in [1.807, 2.05) is 24.3 Å². The van der Waals surface area contributed by atoms with Crippen molar-refractivity contribution in [2.45, 2.75) is 37.7 Å². The SMILES string of the molecule is CC(C)c1ccc(OCc2nnc(SCC(=O)Nc3cccc(C(F)(F)F)c3)n2C)cc1. The molecular weight excluding hydrogens is 441 g/mol. The number of nitrogens with zero attached hydrogens (tertiary/aromatic N) is 3. The molecule has 1 N–H and O–H groups in total. The lowest BCUT2D eigenvalue weighted by atomic mass is 10.0. The van der Waals surface area contributed by atoms with Crippen LogP contribution in [0.5, 0.6) is 5.75 Å². The second-order valence-corrected chi connectivity index (χ2v) is 8.33. The number of benzene rings is 2. The van der Waals surface area contributed by atoms with Crippen molar-refractivity contribution in [2.75, 3.05) is 11.1 Å². The highest BCUT2D eigenvalue weighted by Crippen LogP contribution is 2.30. The van der Waals surface area contributed by atoms with Crippen LogP contribution in [0.3, 0.4) is 0 Å². The lowest BCUT2D eigenvalue weighted by molar-refractivity contribution is -0.137. The van der Waals surface area contributed by atoms with Crippen molar-refractivity contribution in [2.24, 2.45) is 7.05 Å². The zero-order valence-electron chi connectivity index (χ0n) is 17.8. The van der Waals surface area contributed by atoms with Gasteiger partial charge in [-0.2, -0.15) is 13.2 Å². The van der Waals surface area contributed by atoms with Gasteiger partial charge < -0.3 is 14.6 Å². The van der Waals surface area contributed by atoms with Crippen LogP contribution in [0, 0.1) is 0 Å². The number of aromatic nitrogens is 3. The third-order valence-corrected chi connectivity index (χ3v) is 5.67. The molecule has 1 amide bonds. The Kier molecular flexibility index (Phi) is 7.44. The highest BCUT2D eigenvalue weighted by molar-refractivity contribution is 7.99. The first-order valence-corrected chi connectivity index (χ1v) is 10.8. The number of rotatable bonds is 8. The molecule has 10 heteroatoms. The summed E-state index contributed by atoms with van der Waals surface area (Å²) in [6.07, 6.45) is -4.47. The van der Waals surface area contributed by atoms with Crippen molar-refractivity contribution in [3.05, 3.63) is 65.5 Å². The van der Waals surface area contributed by atoms with Gasteiger partial charge >= 0.3 is 6.18 Å². The Morgan fingerprint density at radius 1 is 1.16 bits per heavy atom. The zero-order chi connectivity index (χ0) is 23.3. The van der Waals surface area contributed by atoms with Crippen molar-refractivity contribution in [3.8, 4) is 5.75 Å². The molecule has 0 aliphatic carbocycles. The van der Waals surface area contributed by atoms with Gasteiger partial charge in [-0.1, -0.05) is 43.8 Å². The number of hydrogen-bond acceptors (Lipinski definition) is 5. The van der Waals surface area contributed by atoms with Crippen LogP contribution in [0.15, 0.2) is 53.7 Å². The number of carbonyl (C=O) groups excluding carboxylic acids is 1. The molecule has 0 fully saturated rings. The minimum absolute atomic E-state index is 0.0280. The molecular formula is C22H23F3N4O2S. The number of alkyl halides is 3. The van der Waals surface area contributed by atoms with Gasteiger partial charge in [-0.05, 0) is 41.8 Å². The van der Waals surface area contributed by atoms with E-state index in [2.05, 4.69) is 29.4 Å². The van der Waals surface area contributed by atoms with E-state index >= 15 is 0 Å². The van der Waals surface area contributed by atoms with E-state index in [0.29, 0.717) is 22.6 Å². The van der Waals surface area contributed by atoms with Gasteiger partial charge in [0, 0.05) is 12.7 Å². The molecule has 0 saturated heterocycles. The second-order valence-electron chi connectivity index (χ2n) is 7.39. The highest BCUT2D eigenvalue weighted by Gasteiger charge is 2.30. The fourth-order valence-corrected chi connectivity index (χ4v) is 3.52. The number of ether oxygens (including phenoxy) is 1. The molecule has 0 aliphatic rings. The lowest BCUT2D eigenvalue weighted by Gasteiger charge is -2.10. The van der Waals surface area contributed by atoms with Gasteiger partial charge in [0.1, 0.15) is 12.4 Å². The van der Waals surface area contributed by atoms with Crippen LogP contribution in [-0.2, 0) is 24.6 Å². The van der Waals surface area contributed by atoms with Crippen LogP contribution in [0.1, 0.15) is 36.7 Å². The summed E-state index contributed by atoms with van der Waals surface area (Å²) in [5.74, 6) is 1.26. The summed E-state index contributed by atoms with van der Waals surface area (Å²) < 4.78 is 45.9.